The molecular weight excluding hydrogens is 699 g/mol. The summed E-state index contributed by atoms with van der Waals surface area (Å²) in [4.78, 5) is 15.7. The van der Waals surface area contributed by atoms with Crippen molar-refractivity contribution in [2.45, 2.75) is 0 Å². The van der Waals surface area contributed by atoms with Crippen LogP contribution in [0.3, 0.4) is 0 Å². The second-order valence-electron chi connectivity index (χ2n) is 14.4. The molecular formula is C51H31N5O. The van der Waals surface area contributed by atoms with Gasteiger partial charge < -0.3 is 8.98 Å². The number of para-hydroxylation sites is 5. The van der Waals surface area contributed by atoms with Gasteiger partial charge in [-0.2, -0.15) is 9.97 Å². The van der Waals surface area contributed by atoms with Gasteiger partial charge in [-0.15, -0.1) is 0 Å². The van der Waals surface area contributed by atoms with Crippen LogP contribution in [0.25, 0.3) is 111 Å². The van der Waals surface area contributed by atoms with Crippen molar-refractivity contribution in [3.63, 3.8) is 0 Å². The van der Waals surface area contributed by atoms with Gasteiger partial charge in [0.05, 0.1) is 33.3 Å². The van der Waals surface area contributed by atoms with Crippen LogP contribution in [0.1, 0.15) is 0 Å². The summed E-state index contributed by atoms with van der Waals surface area (Å²) in [5.41, 5.74) is 10.8. The first-order valence-electron chi connectivity index (χ1n) is 19.1. The second kappa shape index (κ2) is 12.3. The van der Waals surface area contributed by atoms with E-state index in [1.54, 1.807) is 0 Å². The monoisotopic (exact) mass is 729 g/mol. The summed E-state index contributed by atoms with van der Waals surface area (Å²) in [6.07, 6.45) is 0. The van der Waals surface area contributed by atoms with Gasteiger partial charge in [-0.25, -0.2) is 4.98 Å². The SMILES string of the molecule is c1ccc(-c2nc(-c3cccc4c3oc3c(-n5c6ccccc6c6ccccc65)cccc34)nc(-n3c4ccccc4c4c(-c5ccccc5)cccc43)n2)cc1. The number of rotatable bonds is 5. The van der Waals surface area contributed by atoms with Gasteiger partial charge >= 0.3 is 0 Å². The van der Waals surface area contributed by atoms with Gasteiger partial charge in [0, 0.05) is 37.9 Å². The Labute approximate surface area is 326 Å². The van der Waals surface area contributed by atoms with Crippen LogP contribution >= 0.6 is 0 Å². The topological polar surface area (TPSA) is 61.7 Å². The van der Waals surface area contributed by atoms with Gasteiger partial charge in [0.25, 0.3) is 0 Å². The number of hydrogen-bond donors (Lipinski definition) is 0. The molecule has 0 radical (unpaired) electrons. The first-order valence-corrected chi connectivity index (χ1v) is 19.1. The molecule has 4 aromatic heterocycles. The van der Waals surface area contributed by atoms with Crippen LogP contribution in [0.15, 0.2) is 192 Å². The molecule has 0 atom stereocenters. The maximum Gasteiger partial charge on any atom is 0.238 e. The third-order valence-corrected chi connectivity index (χ3v) is 11.2. The van der Waals surface area contributed by atoms with Gasteiger partial charge in [-0.05, 0) is 47.5 Å². The summed E-state index contributed by atoms with van der Waals surface area (Å²) >= 11 is 0. The number of hydrogen-bond acceptors (Lipinski definition) is 4. The van der Waals surface area contributed by atoms with E-state index in [2.05, 4.69) is 167 Å². The fraction of sp³-hybridized carbons (Fsp3) is 0. The van der Waals surface area contributed by atoms with Crippen LogP contribution < -0.4 is 0 Å². The van der Waals surface area contributed by atoms with Crippen LogP contribution in [0.2, 0.25) is 0 Å². The fourth-order valence-electron chi connectivity index (χ4n) is 8.73. The molecule has 0 amide bonds. The van der Waals surface area contributed by atoms with E-state index in [-0.39, 0.29) is 0 Å². The highest BCUT2D eigenvalue weighted by atomic mass is 16.3. The van der Waals surface area contributed by atoms with Gasteiger partial charge in [-0.1, -0.05) is 152 Å². The van der Waals surface area contributed by atoms with Crippen molar-refractivity contribution in [2.75, 3.05) is 0 Å². The number of nitrogens with zero attached hydrogens (tertiary/aromatic N) is 5. The maximum absolute atomic E-state index is 7.04. The van der Waals surface area contributed by atoms with Gasteiger partial charge in [0.1, 0.15) is 5.58 Å². The molecule has 0 unspecified atom stereocenters. The second-order valence-corrected chi connectivity index (χ2v) is 14.4. The Bertz CT molecular complexity index is 3470. The molecule has 0 N–H and O–H groups in total. The molecule has 4 heterocycles. The van der Waals surface area contributed by atoms with Crippen LogP contribution in [-0.2, 0) is 0 Å². The minimum atomic E-state index is 0.534. The fourth-order valence-corrected chi connectivity index (χ4v) is 8.73. The normalized spacial score (nSPS) is 11.9. The summed E-state index contributed by atoms with van der Waals surface area (Å²) in [6.45, 7) is 0. The smallest absolute Gasteiger partial charge is 0.238 e. The summed E-state index contributed by atoms with van der Waals surface area (Å²) in [5.74, 6) is 1.65. The predicted octanol–water partition coefficient (Wildman–Crippen LogP) is 13.0. The van der Waals surface area contributed by atoms with E-state index in [0.29, 0.717) is 17.6 Å². The van der Waals surface area contributed by atoms with E-state index in [4.69, 9.17) is 19.4 Å². The van der Waals surface area contributed by atoms with Crippen molar-refractivity contribution >= 4 is 65.6 Å². The molecule has 0 fully saturated rings. The number of furan rings is 1. The summed E-state index contributed by atoms with van der Waals surface area (Å²) in [7, 11) is 0. The van der Waals surface area contributed by atoms with E-state index in [1.165, 1.54) is 10.8 Å². The Morgan fingerprint density at radius 1 is 0.333 bits per heavy atom. The van der Waals surface area contributed by atoms with Crippen molar-refractivity contribution in [1.29, 1.82) is 0 Å². The van der Waals surface area contributed by atoms with Crippen molar-refractivity contribution in [2.24, 2.45) is 0 Å². The average molecular weight is 730 g/mol. The highest BCUT2D eigenvalue weighted by molar-refractivity contribution is 6.16. The largest absolute Gasteiger partial charge is 0.453 e. The van der Waals surface area contributed by atoms with Crippen LogP contribution in [-0.4, -0.2) is 24.1 Å². The molecule has 12 rings (SSSR count). The summed E-state index contributed by atoms with van der Waals surface area (Å²) < 4.78 is 11.5. The minimum Gasteiger partial charge on any atom is -0.453 e. The van der Waals surface area contributed by atoms with Crippen LogP contribution in [0.4, 0.5) is 0 Å². The first kappa shape index (κ1) is 31.5. The number of aromatic nitrogens is 5. The predicted molar refractivity (Wildman–Crippen MR) is 232 cm³/mol. The molecule has 0 aliphatic heterocycles. The average Bonchev–Trinajstić information content (AvgIpc) is 3.95. The quantitative estimate of drug-likeness (QED) is 0.177. The molecule has 0 saturated heterocycles. The Balaban J connectivity index is 1.13. The molecule has 0 bridgehead atoms. The zero-order valence-electron chi connectivity index (χ0n) is 30.5. The first-order chi connectivity index (χ1) is 28.3. The highest BCUT2D eigenvalue weighted by Gasteiger charge is 2.23. The van der Waals surface area contributed by atoms with E-state index >= 15 is 0 Å². The highest BCUT2D eigenvalue weighted by Crippen LogP contribution is 2.42. The Kier molecular flexibility index (Phi) is 6.83. The molecule has 0 spiro atoms. The Morgan fingerprint density at radius 2 is 0.842 bits per heavy atom. The lowest BCUT2D eigenvalue weighted by atomic mass is 9.99. The zero-order valence-corrected chi connectivity index (χ0v) is 30.5. The van der Waals surface area contributed by atoms with Crippen molar-refractivity contribution < 1.29 is 4.42 Å². The van der Waals surface area contributed by atoms with Gasteiger partial charge in [-0.3, -0.25) is 4.57 Å². The number of benzene rings is 8. The van der Waals surface area contributed by atoms with Gasteiger partial charge in [0.2, 0.25) is 5.95 Å². The van der Waals surface area contributed by atoms with E-state index < -0.39 is 0 Å². The summed E-state index contributed by atoms with van der Waals surface area (Å²) in [5, 5.41) is 6.71. The molecule has 8 aromatic carbocycles. The van der Waals surface area contributed by atoms with Crippen LogP contribution in [0, 0.1) is 0 Å². The molecule has 0 aliphatic carbocycles. The third-order valence-electron chi connectivity index (χ3n) is 11.2. The lowest BCUT2D eigenvalue weighted by Gasteiger charge is -2.11. The van der Waals surface area contributed by atoms with E-state index in [9.17, 15) is 0 Å². The molecule has 6 heteroatoms. The van der Waals surface area contributed by atoms with Crippen LogP contribution in [0.5, 0.6) is 0 Å². The molecule has 6 nitrogen and oxygen atoms in total. The van der Waals surface area contributed by atoms with Crippen molar-refractivity contribution in [3.05, 3.63) is 188 Å². The number of fused-ring (bicyclic) bond motifs is 9. The molecule has 12 aromatic rings. The Hall–Kier alpha value is -7.83. The molecule has 57 heavy (non-hydrogen) atoms. The zero-order chi connectivity index (χ0) is 37.5. The van der Waals surface area contributed by atoms with Gasteiger partial charge in [0.15, 0.2) is 17.2 Å². The van der Waals surface area contributed by atoms with E-state index in [1.807, 2.05) is 30.3 Å². The van der Waals surface area contributed by atoms with E-state index in [0.717, 1.165) is 82.7 Å². The van der Waals surface area contributed by atoms with Crippen molar-refractivity contribution in [1.82, 2.24) is 24.1 Å². The molecule has 266 valence electrons. The minimum absolute atomic E-state index is 0.534. The lowest BCUT2D eigenvalue weighted by Crippen LogP contribution is -2.06. The molecule has 0 saturated carbocycles. The standard InChI is InChI=1S/C51H31N5O/c1-3-16-32(17-4-1)34-23-14-30-44-46(34)39-22-9-12-29-43(39)56(44)51-53-49(33-18-5-2-6-19-33)52-50(54-51)40-26-13-24-37-38-25-15-31-45(48(38)57-47(37)40)55-41-27-10-7-20-35(41)36-21-8-11-28-42(36)55/h1-31H. The summed E-state index contributed by atoms with van der Waals surface area (Å²) in [6, 6.07) is 65.4. The molecule has 0 aliphatic rings. The maximum atomic E-state index is 7.04. The lowest BCUT2D eigenvalue weighted by molar-refractivity contribution is 0.667. The third kappa shape index (κ3) is 4.74. The van der Waals surface area contributed by atoms with Crippen molar-refractivity contribution in [3.8, 4) is 45.5 Å². The Morgan fingerprint density at radius 3 is 1.56 bits per heavy atom.